The highest BCUT2D eigenvalue weighted by molar-refractivity contribution is 6.28. The summed E-state index contributed by atoms with van der Waals surface area (Å²) >= 11 is 5.59. The van der Waals surface area contributed by atoms with E-state index in [1.807, 2.05) is 6.92 Å². The van der Waals surface area contributed by atoms with Crippen LogP contribution in [0.15, 0.2) is 24.5 Å². The summed E-state index contributed by atoms with van der Waals surface area (Å²) in [5, 5.41) is 0.0203. The molecule has 0 unspecified atom stereocenters. The quantitative estimate of drug-likeness (QED) is 0.698. The maximum absolute atomic E-state index is 13.3. The predicted molar refractivity (Wildman–Crippen MR) is 55.0 cm³/mol. The van der Waals surface area contributed by atoms with Gasteiger partial charge in [-0.25, -0.2) is 14.4 Å². The van der Waals surface area contributed by atoms with E-state index in [-0.39, 0.29) is 11.0 Å². The van der Waals surface area contributed by atoms with Crippen LogP contribution >= 0.6 is 11.6 Å². The molecule has 2 aromatic rings. The van der Waals surface area contributed by atoms with Crippen molar-refractivity contribution in [1.82, 2.24) is 15.0 Å². The largest absolute Gasteiger partial charge is 0.261 e. The Bertz CT molecular complexity index is 485. The van der Waals surface area contributed by atoms with Crippen LogP contribution in [0, 0.1) is 12.7 Å². The molecule has 0 aromatic carbocycles. The Kier molecular flexibility index (Phi) is 2.60. The van der Waals surface area contributed by atoms with Crippen molar-refractivity contribution in [3.05, 3.63) is 41.3 Å². The van der Waals surface area contributed by atoms with Crippen LogP contribution in [-0.4, -0.2) is 15.0 Å². The van der Waals surface area contributed by atoms with Crippen molar-refractivity contribution < 1.29 is 4.39 Å². The Morgan fingerprint density at radius 1 is 1.20 bits per heavy atom. The van der Waals surface area contributed by atoms with Gasteiger partial charge in [-0.2, -0.15) is 0 Å². The number of hydrogen-bond donors (Lipinski definition) is 0. The van der Waals surface area contributed by atoms with Gasteiger partial charge < -0.3 is 0 Å². The Hall–Kier alpha value is -1.55. The van der Waals surface area contributed by atoms with Gasteiger partial charge in [0.15, 0.2) is 5.82 Å². The van der Waals surface area contributed by atoms with Crippen LogP contribution in [0.2, 0.25) is 5.28 Å². The zero-order chi connectivity index (χ0) is 10.8. The Labute approximate surface area is 91.0 Å². The fourth-order valence-electron chi connectivity index (χ4n) is 1.16. The van der Waals surface area contributed by atoms with Crippen molar-refractivity contribution in [2.45, 2.75) is 6.92 Å². The first-order chi connectivity index (χ1) is 7.16. The molecule has 0 saturated heterocycles. The first-order valence-corrected chi connectivity index (χ1v) is 4.65. The van der Waals surface area contributed by atoms with Crippen LogP contribution in [0.1, 0.15) is 5.69 Å². The van der Waals surface area contributed by atoms with Crippen molar-refractivity contribution in [2.75, 3.05) is 0 Å². The molecule has 2 rings (SSSR count). The third kappa shape index (κ3) is 2.10. The lowest BCUT2D eigenvalue weighted by molar-refractivity contribution is 0.618. The van der Waals surface area contributed by atoms with Gasteiger partial charge >= 0.3 is 0 Å². The molecule has 5 heteroatoms. The lowest BCUT2D eigenvalue weighted by Crippen LogP contribution is -1.93. The molecule has 0 aliphatic heterocycles. The lowest BCUT2D eigenvalue weighted by Gasteiger charge is -2.02. The van der Waals surface area contributed by atoms with E-state index in [1.165, 1.54) is 0 Å². The van der Waals surface area contributed by atoms with Gasteiger partial charge in [-0.05, 0) is 30.7 Å². The van der Waals surface area contributed by atoms with Crippen molar-refractivity contribution in [3.63, 3.8) is 0 Å². The number of aromatic nitrogens is 3. The molecular formula is C10H7ClFN3. The van der Waals surface area contributed by atoms with E-state index in [0.29, 0.717) is 5.56 Å². The summed E-state index contributed by atoms with van der Waals surface area (Å²) in [4.78, 5) is 11.4. The summed E-state index contributed by atoms with van der Waals surface area (Å²) in [6.07, 6.45) is 2.60. The molecule has 0 fully saturated rings. The van der Waals surface area contributed by atoms with Crippen LogP contribution in [0.5, 0.6) is 0 Å². The smallest absolute Gasteiger partial charge is 0.223 e. The lowest BCUT2D eigenvalue weighted by atomic mass is 10.2. The molecule has 3 nitrogen and oxygen atoms in total. The van der Waals surface area contributed by atoms with E-state index in [4.69, 9.17) is 11.6 Å². The van der Waals surface area contributed by atoms with Crippen molar-refractivity contribution in [2.24, 2.45) is 0 Å². The second-order valence-electron chi connectivity index (χ2n) is 3.02. The zero-order valence-corrected chi connectivity index (χ0v) is 8.66. The molecule has 0 saturated carbocycles. The van der Waals surface area contributed by atoms with Gasteiger partial charge in [0.05, 0.1) is 6.20 Å². The average Bonchev–Trinajstić information content (AvgIpc) is 2.23. The van der Waals surface area contributed by atoms with Crippen LogP contribution in [0.3, 0.4) is 0 Å². The predicted octanol–water partition coefficient (Wildman–Crippen LogP) is 2.64. The third-order valence-corrected chi connectivity index (χ3v) is 2.08. The van der Waals surface area contributed by atoms with Crippen LogP contribution in [-0.2, 0) is 0 Å². The second-order valence-corrected chi connectivity index (χ2v) is 3.36. The molecule has 0 radical (unpaired) electrons. The Morgan fingerprint density at radius 2 is 2.00 bits per heavy atom. The summed E-state index contributed by atoms with van der Waals surface area (Å²) < 4.78 is 13.3. The number of halogens is 2. The zero-order valence-electron chi connectivity index (χ0n) is 7.91. The average molecular weight is 224 g/mol. The number of pyridine rings is 1. The second kappa shape index (κ2) is 3.90. The first-order valence-electron chi connectivity index (χ1n) is 4.28. The maximum Gasteiger partial charge on any atom is 0.223 e. The van der Waals surface area contributed by atoms with Gasteiger partial charge in [0.25, 0.3) is 0 Å². The normalized spacial score (nSPS) is 10.3. The molecule has 0 spiro atoms. The first kappa shape index (κ1) is 9.98. The fourth-order valence-corrected chi connectivity index (χ4v) is 1.29. The molecule has 76 valence electrons. The molecule has 0 amide bonds. The topological polar surface area (TPSA) is 38.7 Å². The summed E-state index contributed by atoms with van der Waals surface area (Å²) in [5.74, 6) is -0.509. The fraction of sp³-hybridized carbons (Fsp3) is 0.100. The van der Waals surface area contributed by atoms with E-state index in [0.717, 1.165) is 11.9 Å². The van der Waals surface area contributed by atoms with Crippen LogP contribution in [0.4, 0.5) is 4.39 Å². The highest BCUT2D eigenvalue weighted by Crippen LogP contribution is 2.20. The minimum atomic E-state index is -0.509. The molecule has 0 atom stereocenters. The molecule has 0 aliphatic carbocycles. The summed E-state index contributed by atoms with van der Waals surface area (Å²) in [6, 6.07) is 3.52. The molecule has 2 aromatic heterocycles. The summed E-state index contributed by atoms with van der Waals surface area (Å²) in [7, 11) is 0. The minimum absolute atomic E-state index is 0.0203. The van der Waals surface area contributed by atoms with Crippen molar-refractivity contribution >= 4 is 11.6 Å². The number of hydrogen-bond acceptors (Lipinski definition) is 3. The summed E-state index contributed by atoms with van der Waals surface area (Å²) in [6.45, 7) is 1.85. The molecule has 0 bridgehead atoms. The maximum atomic E-state index is 13.3. The van der Waals surface area contributed by atoms with E-state index < -0.39 is 5.82 Å². The van der Waals surface area contributed by atoms with Gasteiger partial charge in [-0.15, -0.1) is 0 Å². The Balaban J connectivity index is 2.53. The van der Waals surface area contributed by atoms with Gasteiger partial charge in [0, 0.05) is 17.5 Å². The van der Waals surface area contributed by atoms with E-state index in [1.54, 1.807) is 18.3 Å². The van der Waals surface area contributed by atoms with Crippen LogP contribution < -0.4 is 0 Å². The minimum Gasteiger partial charge on any atom is -0.261 e. The van der Waals surface area contributed by atoms with E-state index in [9.17, 15) is 4.39 Å². The molecule has 2 heterocycles. The van der Waals surface area contributed by atoms with E-state index >= 15 is 0 Å². The van der Waals surface area contributed by atoms with Crippen molar-refractivity contribution in [3.8, 4) is 11.3 Å². The molecule has 0 N–H and O–H groups in total. The highest BCUT2D eigenvalue weighted by Gasteiger charge is 2.08. The molecule has 15 heavy (non-hydrogen) atoms. The van der Waals surface area contributed by atoms with Crippen LogP contribution in [0.25, 0.3) is 11.3 Å². The number of nitrogens with zero attached hydrogens (tertiary/aromatic N) is 3. The molecular weight excluding hydrogens is 217 g/mol. The highest BCUT2D eigenvalue weighted by atomic mass is 35.5. The van der Waals surface area contributed by atoms with Gasteiger partial charge in [0.2, 0.25) is 5.28 Å². The van der Waals surface area contributed by atoms with Gasteiger partial charge in [-0.3, -0.25) is 4.98 Å². The number of aryl methyl sites for hydroxylation is 1. The van der Waals surface area contributed by atoms with Crippen molar-refractivity contribution in [1.29, 1.82) is 0 Å². The molecule has 0 aliphatic rings. The van der Waals surface area contributed by atoms with Gasteiger partial charge in [-0.1, -0.05) is 0 Å². The standard InChI is InChI=1S/C10H7ClFN3/c1-6-2-3-7(4-13-6)9-8(12)5-14-10(11)15-9/h2-5H,1H3. The monoisotopic (exact) mass is 223 g/mol. The van der Waals surface area contributed by atoms with Gasteiger partial charge in [0.1, 0.15) is 5.69 Å². The Morgan fingerprint density at radius 3 is 2.67 bits per heavy atom. The third-order valence-electron chi connectivity index (χ3n) is 1.90. The number of rotatable bonds is 1. The SMILES string of the molecule is Cc1ccc(-c2nc(Cl)ncc2F)cn1. The summed E-state index contributed by atoms with van der Waals surface area (Å²) in [5.41, 5.74) is 1.62. The van der Waals surface area contributed by atoms with E-state index in [2.05, 4.69) is 15.0 Å².